The third-order valence-corrected chi connectivity index (χ3v) is 4.36. The predicted molar refractivity (Wildman–Crippen MR) is 69.3 cm³/mol. The number of hydrogen-bond donors (Lipinski definition) is 1. The van der Waals surface area contributed by atoms with Crippen LogP contribution in [0.1, 0.15) is 13.8 Å². The Morgan fingerprint density at radius 2 is 1.81 bits per heavy atom. The van der Waals surface area contributed by atoms with Gasteiger partial charge in [0.2, 0.25) is 0 Å². The van der Waals surface area contributed by atoms with Gasteiger partial charge in [0.1, 0.15) is 0 Å². The second-order valence-corrected chi connectivity index (χ2v) is 6.91. The summed E-state index contributed by atoms with van der Waals surface area (Å²) in [4.78, 5) is 0.376. The molecule has 0 saturated heterocycles. The molecule has 0 radical (unpaired) electrons. The maximum Gasteiger partial charge on any atom is 0.179 e. The van der Waals surface area contributed by atoms with E-state index in [0.717, 1.165) is 4.47 Å². The SMILES string of the molecule is CC(C)NCCS(=O)(=O)c1ccc(Br)cc1. The Hall–Kier alpha value is -0.390. The van der Waals surface area contributed by atoms with Gasteiger partial charge in [-0.1, -0.05) is 29.8 Å². The van der Waals surface area contributed by atoms with E-state index in [1.54, 1.807) is 24.3 Å². The van der Waals surface area contributed by atoms with Gasteiger partial charge in [-0.15, -0.1) is 0 Å². The molecule has 0 spiro atoms. The molecule has 3 nitrogen and oxygen atoms in total. The number of rotatable bonds is 5. The first kappa shape index (κ1) is 13.7. The monoisotopic (exact) mass is 305 g/mol. The molecule has 0 bridgehead atoms. The lowest BCUT2D eigenvalue weighted by molar-refractivity contribution is 0.578. The Balaban J connectivity index is 2.67. The van der Waals surface area contributed by atoms with Crippen molar-refractivity contribution in [2.24, 2.45) is 0 Å². The van der Waals surface area contributed by atoms with Gasteiger partial charge in [0, 0.05) is 17.1 Å². The zero-order chi connectivity index (χ0) is 12.2. The van der Waals surface area contributed by atoms with Crippen LogP contribution in [0.3, 0.4) is 0 Å². The fraction of sp³-hybridized carbons (Fsp3) is 0.455. The van der Waals surface area contributed by atoms with Crippen molar-refractivity contribution in [2.75, 3.05) is 12.3 Å². The van der Waals surface area contributed by atoms with Crippen molar-refractivity contribution in [3.63, 3.8) is 0 Å². The lowest BCUT2D eigenvalue weighted by Gasteiger charge is -2.08. The summed E-state index contributed by atoms with van der Waals surface area (Å²) in [5.74, 6) is 0.132. The van der Waals surface area contributed by atoms with E-state index in [1.807, 2.05) is 13.8 Å². The topological polar surface area (TPSA) is 46.2 Å². The summed E-state index contributed by atoms with van der Waals surface area (Å²) in [5, 5.41) is 3.09. The molecule has 0 unspecified atom stereocenters. The van der Waals surface area contributed by atoms with E-state index >= 15 is 0 Å². The molecule has 0 saturated carbocycles. The zero-order valence-corrected chi connectivity index (χ0v) is 11.8. The zero-order valence-electron chi connectivity index (χ0n) is 9.40. The molecule has 0 aliphatic heterocycles. The standard InChI is InChI=1S/C11H16BrNO2S/c1-9(2)13-7-8-16(14,15)11-5-3-10(12)4-6-11/h3-6,9,13H,7-8H2,1-2H3. The normalized spacial score (nSPS) is 12.0. The van der Waals surface area contributed by atoms with Crippen LogP contribution in [0.2, 0.25) is 0 Å². The molecule has 1 N–H and O–H groups in total. The first-order valence-corrected chi connectivity index (χ1v) is 7.58. The highest BCUT2D eigenvalue weighted by Crippen LogP contribution is 2.15. The van der Waals surface area contributed by atoms with Crippen molar-refractivity contribution in [3.8, 4) is 0 Å². The number of benzene rings is 1. The average Bonchev–Trinajstić information content (AvgIpc) is 2.17. The van der Waals surface area contributed by atoms with Crippen molar-refractivity contribution in [1.82, 2.24) is 5.32 Å². The third-order valence-electron chi connectivity index (χ3n) is 2.10. The Kier molecular flexibility index (Phi) is 4.95. The van der Waals surface area contributed by atoms with E-state index in [-0.39, 0.29) is 5.75 Å². The molecule has 0 amide bonds. The fourth-order valence-electron chi connectivity index (χ4n) is 1.24. The van der Waals surface area contributed by atoms with Gasteiger partial charge in [-0.3, -0.25) is 0 Å². The van der Waals surface area contributed by atoms with E-state index in [0.29, 0.717) is 17.5 Å². The molecule has 0 aliphatic carbocycles. The fourth-order valence-corrected chi connectivity index (χ4v) is 2.68. The first-order chi connectivity index (χ1) is 7.42. The Morgan fingerprint density at radius 3 is 2.31 bits per heavy atom. The smallest absolute Gasteiger partial charge is 0.179 e. The molecule has 1 rings (SSSR count). The van der Waals surface area contributed by atoms with Crippen LogP contribution >= 0.6 is 15.9 Å². The van der Waals surface area contributed by atoms with E-state index in [2.05, 4.69) is 21.2 Å². The Labute approximate surface area is 105 Å². The highest BCUT2D eigenvalue weighted by Gasteiger charge is 2.13. The van der Waals surface area contributed by atoms with Gasteiger partial charge in [-0.05, 0) is 24.3 Å². The van der Waals surface area contributed by atoms with Crippen molar-refractivity contribution < 1.29 is 8.42 Å². The molecular weight excluding hydrogens is 290 g/mol. The molecule has 1 aromatic carbocycles. The van der Waals surface area contributed by atoms with Crippen LogP contribution in [0.15, 0.2) is 33.6 Å². The van der Waals surface area contributed by atoms with Gasteiger partial charge in [0.15, 0.2) is 9.84 Å². The van der Waals surface area contributed by atoms with Gasteiger partial charge in [0.25, 0.3) is 0 Å². The third kappa shape index (κ3) is 4.23. The van der Waals surface area contributed by atoms with E-state index in [4.69, 9.17) is 0 Å². The maximum absolute atomic E-state index is 11.9. The summed E-state index contributed by atoms with van der Waals surface area (Å²) in [6.45, 7) is 4.47. The van der Waals surface area contributed by atoms with Crippen molar-refractivity contribution >= 4 is 25.8 Å². The molecule has 0 atom stereocenters. The molecule has 0 heterocycles. The predicted octanol–water partition coefficient (Wildman–Crippen LogP) is 2.22. The van der Waals surface area contributed by atoms with Gasteiger partial charge in [-0.25, -0.2) is 8.42 Å². The maximum atomic E-state index is 11.9. The summed E-state index contributed by atoms with van der Waals surface area (Å²) in [6, 6.07) is 7.02. The van der Waals surface area contributed by atoms with Crippen molar-refractivity contribution in [2.45, 2.75) is 24.8 Å². The molecule has 0 aromatic heterocycles. The summed E-state index contributed by atoms with van der Waals surface area (Å²) in [5.41, 5.74) is 0. The van der Waals surface area contributed by atoms with Crippen LogP contribution in [0.5, 0.6) is 0 Å². The van der Waals surface area contributed by atoms with Gasteiger partial charge >= 0.3 is 0 Å². The average molecular weight is 306 g/mol. The molecular formula is C11H16BrNO2S. The molecule has 0 aliphatic rings. The van der Waals surface area contributed by atoms with Crippen LogP contribution in [-0.4, -0.2) is 26.8 Å². The first-order valence-electron chi connectivity index (χ1n) is 5.13. The highest BCUT2D eigenvalue weighted by atomic mass is 79.9. The molecule has 90 valence electrons. The number of sulfone groups is 1. The van der Waals surface area contributed by atoms with Gasteiger partial charge in [-0.2, -0.15) is 0 Å². The quantitative estimate of drug-likeness (QED) is 0.907. The molecule has 16 heavy (non-hydrogen) atoms. The minimum Gasteiger partial charge on any atom is -0.314 e. The number of hydrogen-bond acceptors (Lipinski definition) is 3. The number of halogens is 1. The van der Waals surface area contributed by atoms with Crippen LogP contribution in [-0.2, 0) is 9.84 Å². The summed E-state index contributed by atoms with van der Waals surface area (Å²) in [7, 11) is -3.16. The minimum atomic E-state index is -3.16. The Morgan fingerprint density at radius 1 is 1.25 bits per heavy atom. The summed E-state index contributed by atoms with van der Waals surface area (Å²) in [6.07, 6.45) is 0. The van der Waals surface area contributed by atoms with Crippen LogP contribution < -0.4 is 5.32 Å². The van der Waals surface area contributed by atoms with Gasteiger partial charge in [0.05, 0.1) is 10.6 Å². The van der Waals surface area contributed by atoms with Crippen LogP contribution in [0.4, 0.5) is 0 Å². The van der Waals surface area contributed by atoms with E-state index in [1.165, 1.54) is 0 Å². The lowest BCUT2D eigenvalue weighted by atomic mass is 10.4. The molecule has 5 heteroatoms. The second kappa shape index (κ2) is 5.80. The largest absolute Gasteiger partial charge is 0.314 e. The van der Waals surface area contributed by atoms with E-state index < -0.39 is 9.84 Å². The lowest BCUT2D eigenvalue weighted by Crippen LogP contribution is -2.28. The second-order valence-electron chi connectivity index (χ2n) is 3.88. The van der Waals surface area contributed by atoms with Crippen LogP contribution in [0.25, 0.3) is 0 Å². The van der Waals surface area contributed by atoms with Crippen molar-refractivity contribution in [1.29, 1.82) is 0 Å². The highest BCUT2D eigenvalue weighted by molar-refractivity contribution is 9.10. The van der Waals surface area contributed by atoms with Crippen LogP contribution in [0, 0.1) is 0 Å². The number of nitrogens with one attached hydrogen (secondary N) is 1. The minimum absolute atomic E-state index is 0.132. The summed E-state index contributed by atoms with van der Waals surface area (Å²) < 4.78 is 24.6. The van der Waals surface area contributed by atoms with E-state index in [9.17, 15) is 8.42 Å². The summed E-state index contributed by atoms with van der Waals surface area (Å²) >= 11 is 3.28. The van der Waals surface area contributed by atoms with Crippen molar-refractivity contribution in [3.05, 3.63) is 28.7 Å². The Bertz CT molecular complexity index is 426. The molecule has 1 aromatic rings. The molecule has 0 fully saturated rings. The van der Waals surface area contributed by atoms with Gasteiger partial charge < -0.3 is 5.32 Å².